The summed E-state index contributed by atoms with van der Waals surface area (Å²) in [6.07, 6.45) is 0.0465. The quantitative estimate of drug-likeness (QED) is 0.484. The second-order valence-corrected chi connectivity index (χ2v) is 8.01. The van der Waals surface area contributed by atoms with Gasteiger partial charge < -0.3 is 9.64 Å². The monoisotopic (exact) mass is 397 g/mol. The fraction of sp³-hybridized carbons (Fsp3) is 0.231. The van der Waals surface area contributed by atoms with E-state index in [9.17, 15) is 9.59 Å². The van der Waals surface area contributed by atoms with Crippen LogP contribution in [0.1, 0.15) is 40.7 Å². The summed E-state index contributed by atoms with van der Waals surface area (Å²) in [7, 11) is 0. The minimum atomic E-state index is -0.739. The Morgan fingerprint density at radius 3 is 2.20 bits per heavy atom. The summed E-state index contributed by atoms with van der Waals surface area (Å²) < 4.78 is 5.57. The smallest absolute Gasteiger partial charge is 0.319 e. The van der Waals surface area contributed by atoms with Crippen LogP contribution in [0.4, 0.5) is 0 Å². The van der Waals surface area contributed by atoms with Gasteiger partial charge in [-0.3, -0.25) is 9.59 Å². The van der Waals surface area contributed by atoms with Gasteiger partial charge in [-0.25, -0.2) is 0 Å². The zero-order valence-corrected chi connectivity index (χ0v) is 16.6. The number of rotatable bonds is 3. The number of ether oxygens (including phenoxy) is 1. The zero-order valence-electron chi connectivity index (χ0n) is 16.6. The first-order valence-electron chi connectivity index (χ1n) is 10.4. The second-order valence-electron chi connectivity index (χ2n) is 8.01. The molecule has 3 aromatic carbocycles. The topological polar surface area (TPSA) is 46.6 Å². The molecule has 0 aliphatic carbocycles. The Morgan fingerprint density at radius 2 is 1.47 bits per heavy atom. The molecule has 2 aliphatic heterocycles. The third-order valence-corrected chi connectivity index (χ3v) is 6.17. The molecule has 0 radical (unpaired) electrons. The number of hydrogen-bond acceptors (Lipinski definition) is 3. The van der Waals surface area contributed by atoms with Crippen molar-refractivity contribution in [3.8, 4) is 0 Å². The lowest BCUT2D eigenvalue weighted by Gasteiger charge is -2.36. The van der Waals surface area contributed by atoms with Gasteiger partial charge in [0.1, 0.15) is 12.0 Å². The molecule has 0 N–H and O–H groups in total. The molecule has 4 heteroatoms. The Balaban J connectivity index is 1.40. The molecule has 0 bridgehead atoms. The Hall–Kier alpha value is -3.40. The molecule has 1 amide bonds. The maximum atomic E-state index is 13.4. The van der Waals surface area contributed by atoms with Gasteiger partial charge in [0.2, 0.25) is 5.91 Å². The van der Waals surface area contributed by atoms with E-state index in [4.69, 9.17) is 4.74 Å². The van der Waals surface area contributed by atoms with E-state index in [0.29, 0.717) is 19.5 Å². The van der Waals surface area contributed by atoms with Crippen LogP contribution in [0.3, 0.4) is 0 Å². The molecule has 2 heterocycles. The van der Waals surface area contributed by atoms with E-state index in [1.165, 1.54) is 11.1 Å². The summed E-state index contributed by atoms with van der Waals surface area (Å²) in [6.45, 7) is 1.10. The number of nitrogens with zero attached hydrogens (tertiary/aromatic N) is 1. The minimum absolute atomic E-state index is 0.0995. The fourth-order valence-corrected chi connectivity index (χ4v) is 4.62. The van der Waals surface area contributed by atoms with Crippen molar-refractivity contribution in [1.82, 2.24) is 4.90 Å². The molecule has 1 saturated heterocycles. The first-order valence-corrected chi connectivity index (χ1v) is 10.4. The average molecular weight is 397 g/mol. The minimum Gasteiger partial charge on any atom is -0.457 e. The molecule has 0 spiro atoms. The number of hydrogen-bond donors (Lipinski definition) is 0. The summed E-state index contributed by atoms with van der Waals surface area (Å²) in [6, 6.07) is 28.2. The Labute approximate surface area is 176 Å². The first kappa shape index (κ1) is 18.6. The van der Waals surface area contributed by atoms with Crippen molar-refractivity contribution in [2.75, 3.05) is 6.54 Å². The second kappa shape index (κ2) is 7.79. The van der Waals surface area contributed by atoms with E-state index in [0.717, 1.165) is 11.1 Å². The zero-order chi connectivity index (χ0) is 20.5. The molecule has 3 aromatic rings. The van der Waals surface area contributed by atoms with Crippen molar-refractivity contribution in [1.29, 1.82) is 0 Å². The fourth-order valence-electron chi connectivity index (χ4n) is 4.62. The highest BCUT2D eigenvalue weighted by atomic mass is 16.6. The van der Waals surface area contributed by atoms with E-state index in [2.05, 4.69) is 24.3 Å². The van der Waals surface area contributed by atoms with Crippen molar-refractivity contribution in [3.05, 3.63) is 107 Å². The van der Waals surface area contributed by atoms with Crippen LogP contribution in [0.15, 0.2) is 84.9 Å². The van der Waals surface area contributed by atoms with E-state index < -0.39 is 11.9 Å². The predicted octanol–water partition coefficient (Wildman–Crippen LogP) is 4.47. The number of cyclic esters (lactones) is 1. The maximum absolute atomic E-state index is 13.4. The highest BCUT2D eigenvalue weighted by molar-refractivity contribution is 5.99. The van der Waals surface area contributed by atoms with E-state index in [1.54, 1.807) is 0 Å². The van der Waals surface area contributed by atoms with Crippen LogP contribution in [0.5, 0.6) is 0 Å². The van der Waals surface area contributed by atoms with Gasteiger partial charge in [-0.2, -0.15) is 0 Å². The summed E-state index contributed by atoms with van der Waals surface area (Å²) >= 11 is 0. The number of esters is 1. The van der Waals surface area contributed by atoms with Crippen molar-refractivity contribution < 1.29 is 14.3 Å². The van der Waals surface area contributed by atoms with Gasteiger partial charge in [-0.15, -0.1) is 0 Å². The summed E-state index contributed by atoms with van der Waals surface area (Å²) in [5, 5.41) is 0. The number of benzene rings is 3. The molecule has 150 valence electrons. The van der Waals surface area contributed by atoms with Crippen LogP contribution in [-0.2, 0) is 20.9 Å². The highest BCUT2D eigenvalue weighted by Crippen LogP contribution is 2.38. The summed E-state index contributed by atoms with van der Waals surface area (Å²) in [4.78, 5) is 27.8. The van der Waals surface area contributed by atoms with Crippen LogP contribution in [0.25, 0.3) is 0 Å². The molecule has 30 heavy (non-hydrogen) atoms. The number of amides is 1. The van der Waals surface area contributed by atoms with Crippen LogP contribution in [0.2, 0.25) is 0 Å². The van der Waals surface area contributed by atoms with Gasteiger partial charge in [0.15, 0.2) is 0 Å². The maximum Gasteiger partial charge on any atom is 0.319 e. The van der Waals surface area contributed by atoms with Gasteiger partial charge in [0.05, 0.1) is 0 Å². The number of carbonyl (C=O) groups excluding carboxylic acids is 2. The molecule has 4 nitrogen and oxygen atoms in total. The van der Waals surface area contributed by atoms with Crippen LogP contribution in [0, 0.1) is 5.92 Å². The normalized spacial score (nSPS) is 23.0. The average Bonchev–Trinajstić information content (AvgIpc) is 3.20. The van der Waals surface area contributed by atoms with Crippen molar-refractivity contribution in [3.63, 3.8) is 0 Å². The molecule has 0 aromatic heterocycles. The van der Waals surface area contributed by atoms with E-state index in [-0.39, 0.29) is 17.9 Å². The van der Waals surface area contributed by atoms with E-state index in [1.807, 2.05) is 65.6 Å². The Morgan fingerprint density at radius 1 is 0.833 bits per heavy atom. The van der Waals surface area contributed by atoms with Crippen LogP contribution < -0.4 is 0 Å². The molecule has 3 atom stereocenters. The van der Waals surface area contributed by atoms with Crippen molar-refractivity contribution >= 4 is 11.9 Å². The van der Waals surface area contributed by atoms with Crippen molar-refractivity contribution in [2.24, 2.45) is 5.92 Å². The Bertz CT molecular complexity index is 1060. The molecular weight excluding hydrogens is 374 g/mol. The van der Waals surface area contributed by atoms with Crippen LogP contribution >= 0.6 is 0 Å². The lowest BCUT2D eigenvalue weighted by Crippen LogP contribution is -2.42. The number of carbonyl (C=O) groups is 2. The van der Waals surface area contributed by atoms with Gasteiger partial charge >= 0.3 is 5.97 Å². The molecule has 5 rings (SSSR count). The van der Waals surface area contributed by atoms with Gasteiger partial charge in [-0.05, 0) is 22.3 Å². The molecule has 2 aliphatic rings. The van der Waals surface area contributed by atoms with Gasteiger partial charge in [0, 0.05) is 25.4 Å². The number of fused-ring (bicyclic) bond motifs is 1. The Kier molecular flexibility index (Phi) is 4.83. The van der Waals surface area contributed by atoms with Crippen LogP contribution in [-0.4, -0.2) is 23.3 Å². The SMILES string of the molecule is O=C1OC(c2ccccc2)CC1C(=O)N1Cc2ccccc2C(c2ccccc2)C1. The summed E-state index contributed by atoms with van der Waals surface area (Å²) in [5.74, 6) is -1.18. The molecule has 0 saturated carbocycles. The van der Waals surface area contributed by atoms with Gasteiger partial charge in [0.25, 0.3) is 0 Å². The third-order valence-electron chi connectivity index (χ3n) is 6.17. The predicted molar refractivity (Wildman–Crippen MR) is 114 cm³/mol. The first-order chi connectivity index (χ1) is 14.7. The van der Waals surface area contributed by atoms with Gasteiger partial charge in [-0.1, -0.05) is 84.9 Å². The van der Waals surface area contributed by atoms with Crippen molar-refractivity contribution in [2.45, 2.75) is 25.0 Å². The largest absolute Gasteiger partial charge is 0.457 e. The van der Waals surface area contributed by atoms with E-state index >= 15 is 0 Å². The third kappa shape index (κ3) is 3.39. The molecular formula is C26H23NO3. The summed E-state index contributed by atoms with van der Waals surface area (Å²) in [5.41, 5.74) is 4.51. The standard InChI is InChI=1S/C26H23NO3/c28-25(22-15-24(30-26(22)29)19-11-5-2-6-12-19)27-16-20-13-7-8-14-21(20)23(17-27)18-9-3-1-4-10-18/h1-14,22-24H,15-17H2. The molecule has 3 unspecified atom stereocenters. The lowest BCUT2D eigenvalue weighted by molar-refractivity contribution is -0.150. The highest BCUT2D eigenvalue weighted by Gasteiger charge is 2.43. The molecule has 1 fully saturated rings. The lowest BCUT2D eigenvalue weighted by atomic mass is 9.84.